The maximum absolute atomic E-state index is 11.8. The molecule has 0 atom stereocenters. The zero-order valence-electron chi connectivity index (χ0n) is 11.1. The van der Waals surface area contributed by atoms with E-state index in [1.54, 1.807) is 12.3 Å². The van der Waals surface area contributed by atoms with E-state index in [0.717, 1.165) is 10.5 Å². The number of hydrogen-bond donors (Lipinski definition) is 1. The Balaban J connectivity index is 2.85. The van der Waals surface area contributed by atoms with E-state index in [4.69, 9.17) is 5.11 Å². The Morgan fingerprint density at radius 3 is 2.33 bits per heavy atom. The molecule has 0 aliphatic rings. The number of hydrogen-bond acceptors (Lipinski definition) is 3. The first-order valence-corrected chi connectivity index (χ1v) is 5.65. The zero-order valence-corrected chi connectivity index (χ0v) is 11.1. The molecule has 1 amide bonds. The van der Waals surface area contributed by atoms with Crippen molar-refractivity contribution in [2.75, 3.05) is 13.6 Å². The molecule has 1 N–H and O–H groups in total. The fraction of sp³-hybridized carbons (Fsp3) is 0.462. The summed E-state index contributed by atoms with van der Waals surface area (Å²) in [6, 6.07) is 3.47. The number of likely N-dealkylation sites (N-methyl/N-ethyl adjacent to an activating group) is 1. The molecule has 0 radical (unpaired) electrons. The Bertz CT molecular complexity index is 446. The summed E-state index contributed by atoms with van der Waals surface area (Å²) in [4.78, 5) is 27.6. The summed E-state index contributed by atoms with van der Waals surface area (Å²) in [6.45, 7) is 5.84. The van der Waals surface area contributed by atoms with Crippen LogP contribution in [0.3, 0.4) is 0 Å². The minimum atomic E-state index is -1.04. The molecule has 1 rings (SSSR count). The van der Waals surface area contributed by atoms with E-state index in [9.17, 15) is 9.59 Å². The molecule has 0 saturated heterocycles. The van der Waals surface area contributed by atoms with Gasteiger partial charge in [-0.2, -0.15) is 0 Å². The normalized spacial score (nSPS) is 11.1. The van der Waals surface area contributed by atoms with Crippen molar-refractivity contribution >= 4 is 11.9 Å². The number of pyridine rings is 1. The Labute approximate surface area is 106 Å². The molecule has 1 heterocycles. The second-order valence-electron chi connectivity index (χ2n) is 5.24. The average molecular weight is 250 g/mol. The van der Waals surface area contributed by atoms with E-state index >= 15 is 0 Å². The minimum absolute atomic E-state index is 0.0262. The van der Waals surface area contributed by atoms with Crippen LogP contribution in [0.25, 0.3) is 0 Å². The number of aromatic nitrogens is 1. The van der Waals surface area contributed by atoms with Gasteiger partial charge in [-0.3, -0.25) is 14.6 Å². The third kappa shape index (κ3) is 3.55. The first kappa shape index (κ1) is 14.2. The molecule has 0 aliphatic carbocycles. The lowest BCUT2D eigenvalue weighted by Crippen LogP contribution is -2.32. The largest absolute Gasteiger partial charge is 0.480 e. The van der Waals surface area contributed by atoms with Gasteiger partial charge in [0.15, 0.2) is 0 Å². The summed E-state index contributed by atoms with van der Waals surface area (Å²) in [5, 5.41) is 8.62. The van der Waals surface area contributed by atoms with Crippen LogP contribution in [0.15, 0.2) is 18.3 Å². The highest BCUT2D eigenvalue weighted by Gasteiger charge is 2.18. The van der Waals surface area contributed by atoms with Crippen LogP contribution in [0.4, 0.5) is 0 Å². The van der Waals surface area contributed by atoms with Crippen LogP contribution in [0, 0.1) is 0 Å². The molecular formula is C13H18N2O3. The Morgan fingerprint density at radius 2 is 1.94 bits per heavy atom. The maximum Gasteiger partial charge on any atom is 0.323 e. The SMILES string of the molecule is CN(CC(=O)O)C(=O)c1ccc(C(C)(C)C)cn1. The molecule has 1 aromatic heterocycles. The first-order valence-electron chi connectivity index (χ1n) is 5.65. The lowest BCUT2D eigenvalue weighted by Gasteiger charge is -2.19. The predicted molar refractivity (Wildman–Crippen MR) is 67.5 cm³/mol. The Kier molecular flexibility index (Phi) is 4.06. The van der Waals surface area contributed by atoms with Gasteiger partial charge in [0, 0.05) is 13.2 Å². The summed E-state index contributed by atoms with van der Waals surface area (Å²) >= 11 is 0. The van der Waals surface area contributed by atoms with Crippen LogP contribution in [-0.4, -0.2) is 40.5 Å². The molecule has 0 bridgehead atoms. The molecule has 0 saturated carbocycles. The summed E-state index contributed by atoms with van der Waals surface area (Å²) in [7, 11) is 1.44. The topological polar surface area (TPSA) is 70.5 Å². The predicted octanol–water partition coefficient (Wildman–Crippen LogP) is 1.54. The van der Waals surface area contributed by atoms with Gasteiger partial charge in [0.05, 0.1) is 0 Å². The van der Waals surface area contributed by atoms with Gasteiger partial charge in [0.1, 0.15) is 12.2 Å². The maximum atomic E-state index is 11.8. The molecule has 0 aromatic carbocycles. The van der Waals surface area contributed by atoms with Gasteiger partial charge in [0.2, 0.25) is 0 Å². The molecule has 0 fully saturated rings. The second kappa shape index (κ2) is 5.16. The molecule has 18 heavy (non-hydrogen) atoms. The zero-order chi connectivity index (χ0) is 13.9. The number of amides is 1. The molecular weight excluding hydrogens is 232 g/mol. The van der Waals surface area contributed by atoms with Gasteiger partial charge < -0.3 is 10.0 Å². The van der Waals surface area contributed by atoms with Crippen LogP contribution in [0.2, 0.25) is 0 Å². The smallest absolute Gasteiger partial charge is 0.323 e. The van der Waals surface area contributed by atoms with E-state index in [1.165, 1.54) is 7.05 Å². The standard InChI is InChI=1S/C13H18N2O3/c1-13(2,3)9-5-6-10(14-7-9)12(18)15(4)8-11(16)17/h5-7H,8H2,1-4H3,(H,16,17). The van der Waals surface area contributed by atoms with Crippen LogP contribution in [-0.2, 0) is 10.2 Å². The van der Waals surface area contributed by atoms with Crippen LogP contribution >= 0.6 is 0 Å². The van der Waals surface area contributed by atoms with Gasteiger partial charge >= 0.3 is 5.97 Å². The van der Waals surface area contributed by atoms with Crippen molar-refractivity contribution in [3.8, 4) is 0 Å². The van der Waals surface area contributed by atoms with Gasteiger partial charge in [-0.1, -0.05) is 26.8 Å². The van der Waals surface area contributed by atoms with E-state index in [0.29, 0.717) is 0 Å². The second-order valence-corrected chi connectivity index (χ2v) is 5.24. The molecule has 0 spiro atoms. The van der Waals surface area contributed by atoms with Crippen LogP contribution < -0.4 is 0 Å². The highest BCUT2D eigenvalue weighted by Crippen LogP contribution is 2.21. The van der Waals surface area contributed by atoms with E-state index in [2.05, 4.69) is 25.8 Å². The molecule has 5 nitrogen and oxygen atoms in total. The summed E-state index contributed by atoms with van der Waals surface area (Å²) in [5.74, 6) is -1.44. The van der Waals surface area contributed by atoms with Crippen molar-refractivity contribution in [2.24, 2.45) is 0 Å². The monoisotopic (exact) mass is 250 g/mol. The highest BCUT2D eigenvalue weighted by atomic mass is 16.4. The lowest BCUT2D eigenvalue weighted by atomic mass is 9.88. The molecule has 5 heteroatoms. The average Bonchev–Trinajstić information content (AvgIpc) is 2.26. The number of carboxylic acids is 1. The fourth-order valence-electron chi connectivity index (χ4n) is 1.43. The van der Waals surface area contributed by atoms with Crippen molar-refractivity contribution in [1.29, 1.82) is 0 Å². The summed E-state index contributed by atoms with van der Waals surface area (Å²) in [6.07, 6.45) is 1.65. The number of carbonyl (C=O) groups excluding carboxylic acids is 1. The highest BCUT2D eigenvalue weighted by molar-refractivity contribution is 5.93. The van der Waals surface area contributed by atoms with E-state index in [1.807, 2.05) is 6.07 Å². The molecule has 1 aromatic rings. The Hall–Kier alpha value is -1.91. The minimum Gasteiger partial charge on any atom is -0.480 e. The molecule has 0 unspecified atom stereocenters. The van der Waals surface area contributed by atoms with E-state index in [-0.39, 0.29) is 17.7 Å². The van der Waals surface area contributed by atoms with Crippen LogP contribution in [0.1, 0.15) is 36.8 Å². The van der Waals surface area contributed by atoms with Crippen molar-refractivity contribution in [2.45, 2.75) is 26.2 Å². The number of carbonyl (C=O) groups is 2. The third-order valence-electron chi connectivity index (χ3n) is 2.57. The van der Waals surface area contributed by atoms with Crippen molar-refractivity contribution in [1.82, 2.24) is 9.88 Å². The van der Waals surface area contributed by atoms with Crippen molar-refractivity contribution < 1.29 is 14.7 Å². The number of rotatable bonds is 3. The number of aliphatic carboxylic acids is 1. The Morgan fingerprint density at radius 1 is 1.33 bits per heavy atom. The summed E-state index contributed by atoms with van der Waals surface area (Å²) < 4.78 is 0. The van der Waals surface area contributed by atoms with Gasteiger partial charge in [-0.25, -0.2) is 0 Å². The summed E-state index contributed by atoms with van der Waals surface area (Å²) in [5.41, 5.74) is 1.26. The van der Waals surface area contributed by atoms with Gasteiger partial charge in [-0.05, 0) is 17.0 Å². The van der Waals surface area contributed by atoms with Gasteiger partial charge in [-0.15, -0.1) is 0 Å². The molecule has 0 aliphatic heterocycles. The van der Waals surface area contributed by atoms with Crippen LogP contribution in [0.5, 0.6) is 0 Å². The van der Waals surface area contributed by atoms with Crippen molar-refractivity contribution in [3.63, 3.8) is 0 Å². The van der Waals surface area contributed by atoms with Gasteiger partial charge in [0.25, 0.3) is 5.91 Å². The third-order valence-corrected chi connectivity index (χ3v) is 2.57. The molecule has 98 valence electrons. The fourth-order valence-corrected chi connectivity index (χ4v) is 1.43. The number of nitrogens with zero attached hydrogens (tertiary/aromatic N) is 2. The first-order chi connectivity index (χ1) is 8.21. The quantitative estimate of drug-likeness (QED) is 0.883. The van der Waals surface area contributed by atoms with E-state index < -0.39 is 11.9 Å². The lowest BCUT2D eigenvalue weighted by molar-refractivity contribution is -0.137. The van der Waals surface area contributed by atoms with Crippen molar-refractivity contribution in [3.05, 3.63) is 29.6 Å². The number of carboxylic acid groups (broad SMARTS) is 1.